The number of alkyl halides is 3. The van der Waals surface area contributed by atoms with Crippen molar-refractivity contribution in [2.75, 3.05) is 12.4 Å². The van der Waals surface area contributed by atoms with E-state index in [2.05, 4.69) is 20.3 Å². The van der Waals surface area contributed by atoms with Gasteiger partial charge in [-0.25, -0.2) is 23.4 Å². The van der Waals surface area contributed by atoms with Gasteiger partial charge in [-0.3, -0.25) is 4.79 Å². The van der Waals surface area contributed by atoms with Crippen molar-refractivity contribution < 1.29 is 31.1 Å². The molecular formula is C16H11F3N4O4S2. The van der Waals surface area contributed by atoms with Crippen molar-refractivity contribution in [3.63, 3.8) is 0 Å². The molecule has 13 heteroatoms. The summed E-state index contributed by atoms with van der Waals surface area (Å²) in [6.07, 6.45) is 3.00. The number of nitrogens with one attached hydrogen (secondary N) is 1. The lowest BCUT2D eigenvalue weighted by atomic mass is 10.3. The maximum Gasteiger partial charge on any atom is 0.501 e. The van der Waals surface area contributed by atoms with Crippen LogP contribution in [0.3, 0.4) is 0 Å². The molecule has 8 nitrogen and oxygen atoms in total. The van der Waals surface area contributed by atoms with Gasteiger partial charge in [0.05, 0.1) is 17.7 Å². The van der Waals surface area contributed by atoms with Crippen LogP contribution in [0, 0.1) is 0 Å². The van der Waals surface area contributed by atoms with Gasteiger partial charge in [-0.05, 0) is 24.3 Å². The molecule has 1 aromatic carbocycles. The van der Waals surface area contributed by atoms with Gasteiger partial charge in [-0.15, -0.1) is 11.3 Å². The van der Waals surface area contributed by atoms with Gasteiger partial charge in [0.15, 0.2) is 10.8 Å². The Morgan fingerprint density at radius 1 is 1.21 bits per heavy atom. The first-order chi connectivity index (χ1) is 13.6. The molecule has 29 heavy (non-hydrogen) atoms. The highest BCUT2D eigenvalue weighted by atomic mass is 32.2. The Kier molecular flexibility index (Phi) is 5.53. The van der Waals surface area contributed by atoms with Gasteiger partial charge in [0.1, 0.15) is 11.4 Å². The normalized spacial score (nSPS) is 11.9. The predicted molar refractivity (Wildman–Crippen MR) is 97.3 cm³/mol. The van der Waals surface area contributed by atoms with Crippen LogP contribution in [-0.4, -0.2) is 41.9 Å². The summed E-state index contributed by atoms with van der Waals surface area (Å²) < 4.78 is 66.6. The summed E-state index contributed by atoms with van der Waals surface area (Å²) in [4.78, 5) is 23.5. The maximum atomic E-state index is 12.8. The lowest BCUT2D eigenvalue weighted by molar-refractivity contribution is -0.0436. The molecule has 0 spiro atoms. The number of anilines is 1. The number of aromatic nitrogens is 3. The summed E-state index contributed by atoms with van der Waals surface area (Å²) in [6, 6.07) is 4.04. The number of sulfone groups is 1. The maximum absolute atomic E-state index is 12.8. The second-order valence-electron chi connectivity index (χ2n) is 5.38. The van der Waals surface area contributed by atoms with Gasteiger partial charge in [-0.2, -0.15) is 13.2 Å². The number of methoxy groups -OCH3 is 1. The number of carbonyl (C=O) groups excluding carboxylic acids is 1. The van der Waals surface area contributed by atoms with Crippen LogP contribution in [0.15, 0.2) is 46.9 Å². The molecule has 152 valence electrons. The number of hydrogen-bond donors (Lipinski definition) is 1. The SMILES string of the molecule is COc1ccc(S(=O)(=O)C(F)(F)F)cc1NC(=O)c1csc(-c2ncccn2)n1. The van der Waals surface area contributed by atoms with Crippen molar-refractivity contribution in [2.24, 2.45) is 0 Å². The fourth-order valence-electron chi connectivity index (χ4n) is 2.16. The van der Waals surface area contributed by atoms with Crippen LogP contribution in [0.5, 0.6) is 5.75 Å². The number of thiazole rings is 1. The Hall–Kier alpha value is -3.06. The summed E-state index contributed by atoms with van der Waals surface area (Å²) >= 11 is 1.09. The van der Waals surface area contributed by atoms with Gasteiger partial charge in [0.25, 0.3) is 15.7 Å². The van der Waals surface area contributed by atoms with Crippen LogP contribution in [0.2, 0.25) is 0 Å². The smallest absolute Gasteiger partial charge is 0.495 e. The van der Waals surface area contributed by atoms with Crippen molar-refractivity contribution in [3.8, 4) is 16.6 Å². The molecule has 3 aromatic rings. The van der Waals surface area contributed by atoms with E-state index in [9.17, 15) is 26.4 Å². The van der Waals surface area contributed by atoms with E-state index in [4.69, 9.17) is 4.74 Å². The number of amides is 1. The fraction of sp³-hybridized carbons (Fsp3) is 0.125. The Morgan fingerprint density at radius 2 is 1.90 bits per heavy atom. The third-order valence-electron chi connectivity index (χ3n) is 3.53. The van der Waals surface area contributed by atoms with Crippen molar-refractivity contribution in [1.82, 2.24) is 15.0 Å². The van der Waals surface area contributed by atoms with Crippen LogP contribution in [0.1, 0.15) is 10.5 Å². The van der Waals surface area contributed by atoms with E-state index >= 15 is 0 Å². The van der Waals surface area contributed by atoms with E-state index < -0.39 is 26.1 Å². The first kappa shape index (κ1) is 20.7. The van der Waals surface area contributed by atoms with Crippen LogP contribution in [-0.2, 0) is 9.84 Å². The van der Waals surface area contributed by atoms with Crippen molar-refractivity contribution in [2.45, 2.75) is 10.4 Å². The Morgan fingerprint density at radius 3 is 2.52 bits per heavy atom. The van der Waals surface area contributed by atoms with Crippen molar-refractivity contribution in [3.05, 3.63) is 47.7 Å². The Labute approximate surface area is 166 Å². The lowest BCUT2D eigenvalue weighted by Crippen LogP contribution is -2.23. The molecule has 2 aromatic heterocycles. The summed E-state index contributed by atoms with van der Waals surface area (Å²) in [7, 11) is -4.37. The quantitative estimate of drug-likeness (QED) is 0.643. The Bertz CT molecular complexity index is 1150. The highest BCUT2D eigenvalue weighted by molar-refractivity contribution is 7.92. The van der Waals surface area contributed by atoms with E-state index in [-0.39, 0.29) is 17.1 Å². The molecule has 0 aliphatic carbocycles. The number of carbonyl (C=O) groups is 1. The number of nitrogens with zero attached hydrogens (tertiary/aromatic N) is 3. The zero-order valence-corrected chi connectivity index (χ0v) is 16.1. The summed E-state index contributed by atoms with van der Waals surface area (Å²) in [6.45, 7) is 0. The van der Waals surface area contributed by atoms with Crippen molar-refractivity contribution in [1.29, 1.82) is 0 Å². The van der Waals surface area contributed by atoms with E-state index in [0.717, 1.165) is 23.5 Å². The summed E-state index contributed by atoms with van der Waals surface area (Å²) in [5, 5.41) is 4.08. The second-order valence-corrected chi connectivity index (χ2v) is 8.17. The zero-order valence-electron chi connectivity index (χ0n) is 14.5. The largest absolute Gasteiger partial charge is 0.501 e. The number of halogens is 3. The average Bonchev–Trinajstić information content (AvgIpc) is 3.18. The van der Waals surface area contributed by atoms with Crippen LogP contribution < -0.4 is 10.1 Å². The molecule has 0 aliphatic heterocycles. The van der Waals surface area contributed by atoms with E-state index in [1.54, 1.807) is 6.07 Å². The summed E-state index contributed by atoms with van der Waals surface area (Å²) in [5.41, 5.74) is -5.79. The minimum atomic E-state index is -5.59. The Balaban J connectivity index is 1.91. The number of ether oxygens (including phenoxy) is 1. The first-order valence-corrected chi connectivity index (χ1v) is 10.0. The number of hydrogen-bond acceptors (Lipinski definition) is 8. The highest BCUT2D eigenvalue weighted by Crippen LogP contribution is 2.35. The number of rotatable bonds is 5. The zero-order chi connectivity index (χ0) is 21.2. The molecule has 0 bridgehead atoms. The predicted octanol–water partition coefficient (Wildman–Crippen LogP) is 3.15. The molecule has 3 rings (SSSR count). The van der Waals surface area contributed by atoms with E-state index in [0.29, 0.717) is 16.9 Å². The average molecular weight is 444 g/mol. The van der Waals surface area contributed by atoms with Gasteiger partial charge < -0.3 is 10.1 Å². The lowest BCUT2D eigenvalue weighted by Gasteiger charge is -2.13. The van der Waals surface area contributed by atoms with Gasteiger partial charge >= 0.3 is 5.51 Å². The van der Waals surface area contributed by atoms with Crippen LogP contribution >= 0.6 is 11.3 Å². The minimum Gasteiger partial charge on any atom is -0.495 e. The molecule has 0 fully saturated rings. The second kappa shape index (κ2) is 7.75. The standard InChI is InChI=1S/C16H11F3N4O4S2/c1-27-12-4-3-9(29(25,26)16(17,18)19)7-10(12)22-14(24)11-8-28-15(23-11)13-20-5-2-6-21-13/h2-8H,1H3,(H,22,24). The first-order valence-electron chi connectivity index (χ1n) is 7.67. The van der Waals surface area contributed by atoms with Crippen LogP contribution in [0.25, 0.3) is 10.8 Å². The third kappa shape index (κ3) is 4.19. The number of benzene rings is 1. The molecule has 1 N–H and O–H groups in total. The molecular weight excluding hydrogens is 433 g/mol. The highest BCUT2D eigenvalue weighted by Gasteiger charge is 2.47. The molecule has 0 unspecified atom stereocenters. The molecule has 0 saturated carbocycles. The molecule has 0 saturated heterocycles. The molecule has 0 radical (unpaired) electrons. The summed E-state index contributed by atoms with van der Waals surface area (Å²) in [5.74, 6) is -0.503. The topological polar surface area (TPSA) is 111 Å². The van der Waals surface area contributed by atoms with Crippen LogP contribution in [0.4, 0.5) is 18.9 Å². The van der Waals surface area contributed by atoms with E-state index in [1.807, 2.05) is 0 Å². The monoisotopic (exact) mass is 444 g/mol. The van der Waals surface area contributed by atoms with Gasteiger partial charge in [0, 0.05) is 17.8 Å². The molecule has 0 atom stereocenters. The van der Waals surface area contributed by atoms with Crippen molar-refractivity contribution >= 4 is 32.8 Å². The third-order valence-corrected chi connectivity index (χ3v) is 5.85. The van der Waals surface area contributed by atoms with E-state index in [1.165, 1.54) is 24.9 Å². The van der Waals surface area contributed by atoms with Gasteiger partial charge in [-0.1, -0.05) is 0 Å². The minimum absolute atomic E-state index is 0.0266. The fourth-order valence-corrected chi connectivity index (χ4v) is 3.69. The molecule has 1 amide bonds. The van der Waals surface area contributed by atoms with Gasteiger partial charge in [0.2, 0.25) is 0 Å². The molecule has 0 aliphatic rings. The molecule has 2 heterocycles.